The van der Waals surface area contributed by atoms with E-state index in [4.69, 9.17) is 5.11 Å². The molecule has 0 spiro atoms. The Bertz CT molecular complexity index is 448. The zero-order valence-electron chi connectivity index (χ0n) is 14.9. The summed E-state index contributed by atoms with van der Waals surface area (Å²) in [5, 5.41) is 21.0. The molecule has 2 unspecified atom stereocenters. The smallest absolute Gasteiger partial charge is 0.314 e. The van der Waals surface area contributed by atoms with Gasteiger partial charge in [0.25, 0.3) is 0 Å². The molecule has 0 aromatic carbocycles. The highest BCUT2D eigenvalue weighted by Crippen LogP contribution is 2.16. The lowest BCUT2D eigenvalue weighted by Gasteiger charge is -2.09. The molecule has 0 saturated carbocycles. The van der Waals surface area contributed by atoms with E-state index < -0.39 is 11.9 Å². The van der Waals surface area contributed by atoms with Crippen molar-refractivity contribution in [2.24, 2.45) is 0 Å². The van der Waals surface area contributed by atoms with Crippen LogP contribution in [0.4, 0.5) is 0 Å². The molecule has 1 heterocycles. The SMILES string of the molecule is CCCCCCCCCCCC(C)n1nnc(C(C)C(=O)O)n1. The van der Waals surface area contributed by atoms with E-state index in [0.29, 0.717) is 0 Å². The van der Waals surface area contributed by atoms with Crippen LogP contribution in [0.2, 0.25) is 0 Å². The number of unbranched alkanes of at least 4 members (excludes halogenated alkanes) is 8. The van der Waals surface area contributed by atoms with Crippen LogP contribution in [0.25, 0.3) is 0 Å². The van der Waals surface area contributed by atoms with Crippen LogP contribution in [-0.4, -0.2) is 31.3 Å². The summed E-state index contributed by atoms with van der Waals surface area (Å²) in [5.41, 5.74) is 0. The van der Waals surface area contributed by atoms with Gasteiger partial charge in [-0.3, -0.25) is 4.79 Å². The van der Waals surface area contributed by atoms with Gasteiger partial charge in [0.1, 0.15) is 5.92 Å². The zero-order valence-corrected chi connectivity index (χ0v) is 14.9. The average molecular weight is 324 g/mol. The highest BCUT2D eigenvalue weighted by atomic mass is 16.4. The van der Waals surface area contributed by atoms with E-state index in [9.17, 15) is 4.79 Å². The monoisotopic (exact) mass is 324 g/mol. The van der Waals surface area contributed by atoms with Gasteiger partial charge in [0, 0.05) is 0 Å². The zero-order chi connectivity index (χ0) is 17.1. The van der Waals surface area contributed by atoms with E-state index >= 15 is 0 Å². The van der Waals surface area contributed by atoms with Crippen molar-refractivity contribution in [3.8, 4) is 0 Å². The lowest BCUT2D eigenvalue weighted by Crippen LogP contribution is -2.12. The second kappa shape index (κ2) is 11.1. The molecule has 23 heavy (non-hydrogen) atoms. The number of carboxylic acids is 1. The first-order valence-electron chi connectivity index (χ1n) is 9.08. The van der Waals surface area contributed by atoms with Crippen LogP contribution < -0.4 is 0 Å². The van der Waals surface area contributed by atoms with Crippen LogP contribution in [0.15, 0.2) is 0 Å². The van der Waals surface area contributed by atoms with Gasteiger partial charge in [-0.25, -0.2) is 0 Å². The van der Waals surface area contributed by atoms with Crippen LogP contribution in [0, 0.1) is 0 Å². The highest BCUT2D eigenvalue weighted by molar-refractivity contribution is 5.74. The third kappa shape index (κ3) is 7.57. The Hall–Kier alpha value is -1.46. The first-order valence-corrected chi connectivity index (χ1v) is 9.08. The molecule has 1 aromatic heterocycles. The summed E-state index contributed by atoms with van der Waals surface area (Å²) >= 11 is 0. The Labute approximate surface area is 139 Å². The summed E-state index contributed by atoms with van der Waals surface area (Å²) in [6, 6.07) is 0.168. The molecule has 0 saturated heterocycles. The van der Waals surface area contributed by atoms with Crippen molar-refractivity contribution >= 4 is 5.97 Å². The maximum absolute atomic E-state index is 10.9. The van der Waals surface area contributed by atoms with Gasteiger partial charge in [0.05, 0.1) is 6.04 Å². The standard InChI is InChI=1S/C17H32N4O2/c1-4-5-6-7-8-9-10-11-12-13-14(2)21-19-16(18-20-21)15(3)17(22)23/h14-15H,4-13H2,1-3H3,(H,22,23). The van der Waals surface area contributed by atoms with Crippen LogP contribution in [-0.2, 0) is 4.79 Å². The number of carboxylic acid groups (broad SMARTS) is 1. The van der Waals surface area contributed by atoms with Crippen LogP contribution in [0.1, 0.15) is 103 Å². The third-order valence-electron chi connectivity index (χ3n) is 4.32. The molecule has 6 heteroatoms. The third-order valence-corrected chi connectivity index (χ3v) is 4.32. The molecule has 1 rings (SSSR count). The van der Waals surface area contributed by atoms with Gasteiger partial charge in [-0.15, -0.1) is 10.2 Å². The van der Waals surface area contributed by atoms with Crippen LogP contribution >= 0.6 is 0 Å². The number of aliphatic carboxylic acids is 1. The van der Waals surface area contributed by atoms with Gasteiger partial charge in [-0.05, 0) is 25.5 Å². The Kier molecular flexibility index (Phi) is 9.48. The topological polar surface area (TPSA) is 80.9 Å². The largest absolute Gasteiger partial charge is 0.481 e. The number of tetrazole rings is 1. The van der Waals surface area contributed by atoms with Gasteiger partial charge in [-0.1, -0.05) is 64.7 Å². The Morgan fingerprint density at radius 1 is 1.04 bits per heavy atom. The summed E-state index contributed by atoms with van der Waals surface area (Å²) in [7, 11) is 0. The summed E-state index contributed by atoms with van der Waals surface area (Å²) in [6.07, 6.45) is 12.8. The van der Waals surface area contributed by atoms with E-state index in [1.807, 2.05) is 0 Å². The van der Waals surface area contributed by atoms with Crippen molar-refractivity contribution in [1.82, 2.24) is 20.2 Å². The molecule has 0 radical (unpaired) electrons. The van der Waals surface area contributed by atoms with E-state index in [1.54, 1.807) is 11.7 Å². The molecule has 6 nitrogen and oxygen atoms in total. The molecule has 0 amide bonds. The second-order valence-corrected chi connectivity index (χ2v) is 6.49. The molecule has 0 aliphatic rings. The molecule has 0 bridgehead atoms. The van der Waals surface area contributed by atoms with Gasteiger partial charge in [0.15, 0.2) is 5.82 Å². The normalized spacial score (nSPS) is 13.9. The molecule has 1 N–H and O–H groups in total. The molecular formula is C17H32N4O2. The van der Waals surface area contributed by atoms with Crippen molar-refractivity contribution in [1.29, 1.82) is 0 Å². The summed E-state index contributed by atoms with van der Waals surface area (Å²) in [4.78, 5) is 12.5. The molecule has 2 atom stereocenters. The maximum Gasteiger partial charge on any atom is 0.314 e. The Morgan fingerprint density at radius 2 is 1.61 bits per heavy atom. The van der Waals surface area contributed by atoms with Gasteiger partial charge in [-0.2, -0.15) is 4.80 Å². The van der Waals surface area contributed by atoms with E-state index in [1.165, 1.54) is 51.4 Å². The van der Waals surface area contributed by atoms with E-state index in [2.05, 4.69) is 29.3 Å². The maximum atomic E-state index is 10.9. The van der Waals surface area contributed by atoms with E-state index in [-0.39, 0.29) is 11.9 Å². The van der Waals surface area contributed by atoms with Gasteiger partial charge in [0.2, 0.25) is 0 Å². The lowest BCUT2D eigenvalue weighted by molar-refractivity contribution is -0.138. The summed E-state index contributed by atoms with van der Waals surface area (Å²) in [5.74, 6) is -1.34. The number of hydrogen-bond donors (Lipinski definition) is 1. The lowest BCUT2D eigenvalue weighted by atomic mass is 10.1. The number of aromatic nitrogens is 4. The van der Waals surface area contributed by atoms with Crippen LogP contribution in [0.5, 0.6) is 0 Å². The van der Waals surface area contributed by atoms with Crippen molar-refractivity contribution in [2.45, 2.75) is 96.9 Å². The Morgan fingerprint density at radius 3 is 2.17 bits per heavy atom. The number of carbonyl (C=O) groups is 1. The minimum atomic E-state index is -0.920. The van der Waals surface area contributed by atoms with E-state index in [0.717, 1.165) is 12.8 Å². The molecule has 0 fully saturated rings. The quantitative estimate of drug-likeness (QED) is 0.546. The van der Waals surface area contributed by atoms with Crippen molar-refractivity contribution < 1.29 is 9.90 Å². The second-order valence-electron chi connectivity index (χ2n) is 6.49. The predicted molar refractivity (Wildman–Crippen MR) is 90.4 cm³/mol. The minimum absolute atomic E-state index is 0.168. The minimum Gasteiger partial charge on any atom is -0.481 e. The van der Waals surface area contributed by atoms with Crippen molar-refractivity contribution in [2.75, 3.05) is 0 Å². The molecule has 132 valence electrons. The highest BCUT2D eigenvalue weighted by Gasteiger charge is 2.20. The number of rotatable bonds is 13. The Balaban J connectivity index is 2.14. The fourth-order valence-electron chi connectivity index (χ4n) is 2.57. The van der Waals surface area contributed by atoms with Crippen molar-refractivity contribution in [3.05, 3.63) is 5.82 Å². The summed E-state index contributed by atoms with van der Waals surface area (Å²) < 4.78 is 0. The van der Waals surface area contributed by atoms with Gasteiger partial charge >= 0.3 is 5.97 Å². The molecular weight excluding hydrogens is 292 g/mol. The van der Waals surface area contributed by atoms with Gasteiger partial charge < -0.3 is 5.11 Å². The fourth-order valence-corrected chi connectivity index (χ4v) is 2.57. The average Bonchev–Trinajstić information content (AvgIpc) is 3.02. The number of nitrogens with zero attached hydrogens (tertiary/aromatic N) is 4. The first-order chi connectivity index (χ1) is 11.1. The van der Waals surface area contributed by atoms with Crippen LogP contribution in [0.3, 0.4) is 0 Å². The first kappa shape index (κ1) is 19.6. The summed E-state index contributed by atoms with van der Waals surface area (Å²) in [6.45, 7) is 5.88. The molecule has 0 aliphatic heterocycles. The number of hydrogen-bond acceptors (Lipinski definition) is 4. The van der Waals surface area contributed by atoms with Crippen molar-refractivity contribution in [3.63, 3.8) is 0 Å². The predicted octanol–water partition coefficient (Wildman–Crippen LogP) is 4.34. The fraction of sp³-hybridized carbons (Fsp3) is 0.882. The molecule has 1 aromatic rings. The molecule has 0 aliphatic carbocycles.